The van der Waals surface area contributed by atoms with Crippen LogP contribution in [-0.4, -0.2) is 36.4 Å². The van der Waals surface area contributed by atoms with Gasteiger partial charge in [0, 0.05) is 25.3 Å². The summed E-state index contributed by atoms with van der Waals surface area (Å²) in [6.45, 7) is 0. The molecule has 0 saturated carbocycles. The summed E-state index contributed by atoms with van der Waals surface area (Å²) in [7, 11) is 2.99. The SMILES string of the molecule is COC(CBr)(OC)c1cccc(C(=O)CC(=O)O)c1. The van der Waals surface area contributed by atoms with Gasteiger partial charge in [-0.25, -0.2) is 0 Å². The molecule has 5 nitrogen and oxygen atoms in total. The lowest BCUT2D eigenvalue weighted by Crippen LogP contribution is -2.32. The van der Waals surface area contributed by atoms with E-state index in [0.717, 1.165) is 0 Å². The Balaban J connectivity index is 3.12. The maximum atomic E-state index is 11.7. The standard InChI is InChI=1S/C13H15BrO5/c1-18-13(8-14,19-2)10-5-3-4-9(6-10)11(15)7-12(16)17/h3-6H,7-8H2,1-2H3,(H,16,17). The first-order valence-electron chi connectivity index (χ1n) is 5.51. The van der Waals surface area contributed by atoms with Crippen LogP contribution in [0.1, 0.15) is 22.3 Å². The van der Waals surface area contributed by atoms with Crippen molar-refractivity contribution in [3.05, 3.63) is 35.4 Å². The molecule has 0 heterocycles. The zero-order valence-corrected chi connectivity index (χ0v) is 12.3. The van der Waals surface area contributed by atoms with Crippen LogP contribution in [0.5, 0.6) is 0 Å². The molecular weight excluding hydrogens is 316 g/mol. The molecule has 1 aromatic carbocycles. The number of benzene rings is 1. The lowest BCUT2D eigenvalue weighted by atomic mass is 10.0. The molecule has 1 aromatic rings. The van der Waals surface area contributed by atoms with E-state index in [2.05, 4.69) is 15.9 Å². The van der Waals surface area contributed by atoms with E-state index in [1.165, 1.54) is 14.2 Å². The number of carbonyl (C=O) groups excluding carboxylic acids is 1. The van der Waals surface area contributed by atoms with Gasteiger partial charge in [0.15, 0.2) is 5.78 Å². The number of carboxylic acid groups (broad SMARTS) is 1. The first kappa shape index (κ1) is 15.8. The number of Topliss-reactive ketones (excluding diaryl/α,β-unsaturated/α-hetero) is 1. The highest BCUT2D eigenvalue weighted by Gasteiger charge is 2.31. The second kappa shape index (κ2) is 6.79. The van der Waals surface area contributed by atoms with Crippen LogP contribution in [-0.2, 0) is 20.1 Å². The van der Waals surface area contributed by atoms with Crippen LogP contribution in [0.25, 0.3) is 0 Å². The highest BCUT2D eigenvalue weighted by atomic mass is 79.9. The topological polar surface area (TPSA) is 72.8 Å². The third-order valence-corrected chi connectivity index (χ3v) is 3.51. The van der Waals surface area contributed by atoms with E-state index in [-0.39, 0.29) is 0 Å². The number of hydrogen-bond acceptors (Lipinski definition) is 4. The molecule has 0 atom stereocenters. The molecule has 0 saturated heterocycles. The minimum atomic E-state index is -1.15. The van der Waals surface area contributed by atoms with Crippen molar-refractivity contribution in [2.45, 2.75) is 12.2 Å². The van der Waals surface area contributed by atoms with Crippen LogP contribution in [0.15, 0.2) is 24.3 Å². The molecule has 0 fully saturated rings. The molecule has 1 rings (SSSR count). The van der Waals surface area contributed by atoms with E-state index in [4.69, 9.17) is 14.6 Å². The molecule has 0 aliphatic carbocycles. The Morgan fingerprint density at radius 2 is 1.95 bits per heavy atom. The average molecular weight is 331 g/mol. The zero-order chi connectivity index (χ0) is 14.5. The Morgan fingerprint density at radius 3 is 2.42 bits per heavy atom. The molecule has 1 N–H and O–H groups in total. The summed E-state index contributed by atoms with van der Waals surface area (Å²) in [5, 5.41) is 9.01. The van der Waals surface area contributed by atoms with Gasteiger partial charge in [-0.2, -0.15) is 0 Å². The number of ketones is 1. The first-order chi connectivity index (χ1) is 8.99. The van der Waals surface area contributed by atoms with E-state index in [1.807, 2.05) is 0 Å². The zero-order valence-electron chi connectivity index (χ0n) is 10.7. The Hall–Kier alpha value is -1.24. The number of ether oxygens (including phenoxy) is 2. The number of alkyl halides is 1. The van der Waals surface area contributed by atoms with Gasteiger partial charge in [0.05, 0.1) is 5.33 Å². The minimum absolute atomic E-state index is 0.319. The number of methoxy groups -OCH3 is 2. The second-order valence-corrected chi connectivity index (χ2v) is 4.43. The fourth-order valence-electron chi connectivity index (χ4n) is 1.67. The largest absolute Gasteiger partial charge is 0.481 e. The summed E-state index contributed by atoms with van der Waals surface area (Å²) in [5.41, 5.74) is 0.963. The highest BCUT2D eigenvalue weighted by molar-refractivity contribution is 9.09. The van der Waals surface area contributed by atoms with E-state index >= 15 is 0 Å². The number of carboxylic acids is 1. The molecule has 104 valence electrons. The normalized spacial score (nSPS) is 11.3. The fourth-order valence-corrected chi connectivity index (χ4v) is 2.46. The van der Waals surface area contributed by atoms with E-state index in [0.29, 0.717) is 16.5 Å². The Morgan fingerprint density at radius 1 is 1.32 bits per heavy atom. The van der Waals surface area contributed by atoms with Gasteiger partial charge in [0.1, 0.15) is 6.42 Å². The molecule has 0 radical (unpaired) electrons. The summed E-state index contributed by atoms with van der Waals surface area (Å²) < 4.78 is 10.7. The van der Waals surface area contributed by atoms with E-state index in [1.54, 1.807) is 24.3 Å². The maximum Gasteiger partial charge on any atom is 0.311 e. The molecule has 0 bridgehead atoms. The predicted octanol–water partition coefficient (Wildman–Crippen LogP) is 2.18. The average Bonchev–Trinajstić information content (AvgIpc) is 2.41. The summed E-state index contributed by atoms with van der Waals surface area (Å²) in [6.07, 6.45) is -0.537. The van der Waals surface area contributed by atoms with Gasteiger partial charge in [0.25, 0.3) is 0 Å². The van der Waals surface area contributed by atoms with Gasteiger partial charge in [-0.05, 0) is 6.07 Å². The van der Waals surface area contributed by atoms with Crippen molar-refractivity contribution in [1.82, 2.24) is 0 Å². The first-order valence-corrected chi connectivity index (χ1v) is 6.63. The monoisotopic (exact) mass is 330 g/mol. The minimum Gasteiger partial charge on any atom is -0.481 e. The van der Waals surface area contributed by atoms with Gasteiger partial charge < -0.3 is 14.6 Å². The molecular formula is C13H15BrO5. The smallest absolute Gasteiger partial charge is 0.311 e. The quantitative estimate of drug-likeness (QED) is 0.359. The molecule has 19 heavy (non-hydrogen) atoms. The second-order valence-electron chi connectivity index (χ2n) is 3.87. The van der Waals surface area contributed by atoms with Crippen molar-refractivity contribution in [3.63, 3.8) is 0 Å². The fraction of sp³-hybridized carbons (Fsp3) is 0.385. The summed E-state index contributed by atoms with van der Waals surface area (Å²) in [6, 6.07) is 6.57. The van der Waals surface area contributed by atoms with Crippen molar-refractivity contribution in [2.24, 2.45) is 0 Å². The van der Waals surface area contributed by atoms with Gasteiger partial charge in [-0.1, -0.05) is 34.1 Å². The highest BCUT2D eigenvalue weighted by Crippen LogP contribution is 2.29. The van der Waals surface area contributed by atoms with Gasteiger partial charge in [-0.3, -0.25) is 9.59 Å². The van der Waals surface area contributed by atoms with Crippen LogP contribution in [0.3, 0.4) is 0 Å². The number of carbonyl (C=O) groups is 2. The van der Waals surface area contributed by atoms with E-state index in [9.17, 15) is 9.59 Å². The molecule has 0 aromatic heterocycles. The van der Waals surface area contributed by atoms with Crippen LogP contribution in [0.4, 0.5) is 0 Å². The Bertz CT molecular complexity index is 460. The van der Waals surface area contributed by atoms with Crippen molar-refractivity contribution in [3.8, 4) is 0 Å². The van der Waals surface area contributed by atoms with Crippen molar-refractivity contribution in [1.29, 1.82) is 0 Å². The number of halogens is 1. The van der Waals surface area contributed by atoms with Crippen molar-refractivity contribution >= 4 is 27.7 Å². The van der Waals surface area contributed by atoms with Gasteiger partial charge in [0.2, 0.25) is 5.79 Å². The van der Waals surface area contributed by atoms with Gasteiger partial charge >= 0.3 is 5.97 Å². The summed E-state index contributed by atoms with van der Waals surface area (Å²) in [5.74, 6) is -2.61. The number of hydrogen-bond donors (Lipinski definition) is 1. The Labute approximate surface area is 119 Å². The van der Waals surface area contributed by atoms with Crippen LogP contribution >= 0.6 is 15.9 Å². The van der Waals surface area contributed by atoms with Crippen molar-refractivity contribution in [2.75, 3.05) is 19.5 Å². The Kier molecular flexibility index (Phi) is 5.65. The van der Waals surface area contributed by atoms with Crippen LogP contribution in [0.2, 0.25) is 0 Å². The third kappa shape index (κ3) is 3.62. The molecule has 0 aliphatic heterocycles. The summed E-state index contributed by atoms with van der Waals surface area (Å²) >= 11 is 3.30. The maximum absolute atomic E-state index is 11.7. The third-order valence-electron chi connectivity index (χ3n) is 2.77. The van der Waals surface area contributed by atoms with E-state index < -0.39 is 24.0 Å². The molecule has 0 spiro atoms. The molecule has 6 heteroatoms. The number of aliphatic carboxylic acids is 1. The lowest BCUT2D eigenvalue weighted by Gasteiger charge is -2.29. The van der Waals surface area contributed by atoms with Crippen molar-refractivity contribution < 1.29 is 24.2 Å². The predicted molar refractivity (Wildman–Crippen MR) is 72.5 cm³/mol. The molecule has 0 aliphatic rings. The molecule has 0 amide bonds. The molecule has 0 unspecified atom stereocenters. The lowest BCUT2D eigenvalue weighted by molar-refractivity contribution is -0.197. The van der Waals surface area contributed by atoms with Crippen LogP contribution < -0.4 is 0 Å². The summed E-state index contributed by atoms with van der Waals surface area (Å²) in [4.78, 5) is 22.3. The van der Waals surface area contributed by atoms with Gasteiger partial charge in [-0.15, -0.1) is 0 Å². The van der Waals surface area contributed by atoms with Crippen LogP contribution in [0, 0.1) is 0 Å². The number of rotatable bonds is 7.